The van der Waals surface area contributed by atoms with E-state index in [0.717, 1.165) is 18.9 Å². The van der Waals surface area contributed by atoms with Gasteiger partial charge in [-0.3, -0.25) is 9.63 Å². The number of nitrogens with one attached hydrogen (secondary N) is 2. The first-order chi connectivity index (χ1) is 12.3. The number of benzene rings is 1. The number of amides is 1. The summed E-state index contributed by atoms with van der Waals surface area (Å²) < 4.78 is 27.9. The number of rotatable bonds is 6. The third-order valence-corrected chi connectivity index (χ3v) is 5.23. The van der Waals surface area contributed by atoms with Crippen molar-refractivity contribution in [1.29, 1.82) is 0 Å². The van der Waals surface area contributed by atoms with Gasteiger partial charge in [-0.15, -0.1) is 0 Å². The summed E-state index contributed by atoms with van der Waals surface area (Å²) in [6, 6.07) is 2.12. The lowest BCUT2D eigenvalue weighted by atomic mass is 10.0. The number of hydrogen-bond acceptors (Lipinski definition) is 3. The summed E-state index contributed by atoms with van der Waals surface area (Å²) in [5, 5.41) is 3.15. The number of halogens is 4. The third-order valence-electron chi connectivity index (χ3n) is 4.17. The largest absolute Gasteiger partial charge is 0.351 e. The van der Waals surface area contributed by atoms with Crippen molar-refractivity contribution in [3.8, 4) is 0 Å². The van der Waals surface area contributed by atoms with Crippen LogP contribution in [0.3, 0.4) is 0 Å². The Bertz CT molecular complexity index is 792. The maximum Gasteiger partial charge on any atom is 0.277 e. The van der Waals surface area contributed by atoms with E-state index in [9.17, 15) is 13.6 Å². The highest BCUT2D eigenvalue weighted by Gasteiger charge is 2.26. The van der Waals surface area contributed by atoms with Gasteiger partial charge in [-0.25, -0.2) is 14.3 Å². The second-order valence-electron chi connectivity index (χ2n) is 6.69. The molecule has 0 bridgehead atoms. The van der Waals surface area contributed by atoms with Gasteiger partial charge in [-0.2, -0.15) is 0 Å². The number of hydroxylamine groups is 1. The van der Waals surface area contributed by atoms with E-state index in [-0.39, 0.29) is 14.7 Å². The Kier molecular flexibility index (Phi) is 5.88. The minimum atomic E-state index is -1.15. The number of alkyl halides is 1. The van der Waals surface area contributed by atoms with E-state index < -0.39 is 17.5 Å². The van der Waals surface area contributed by atoms with Gasteiger partial charge in [-0.1, -0.05) is 40.3 Å². The molecule has 3 rings (SSSR count). The van der Waals surface area contributed by atoms with E-state index in [1.165, 1.54) is 6.07 Å². The van der Waals surface area contributed by atoms with E-state index >= 15 is 0 Å². The average Bonchev–Trinajstić information content (AvgIpc) is 3.38. The molecule has 4 nitrogen and oxygen atoms in total. The van der Waals surface area contributed by atoms with Crippen LogP contribution in [0.15, 0.2) is 35.0 Å². The van der Waals surface area contributed by atoms with Gasteiger partial charge >= 0.3 is 0 Å². The fraction of sp³-hybridized carbons (Fsp3) is 0.389. The molecular weight excluding hydrogens is 477 g/mol. The molecule has 0 aromatic heterocycles. The standard InChI is InChI=1S/C18H18ClF2IN2O2/c1-18(22)7-6-14(12(19)8-18)23-16-11(4-5-13(20)15(16)21)17(25)24-26-9-10-2-3-10/h4-6,8,10,23H,2-3,7,9H2,1H3,(H,24,25). The SMILES string of the molecule is CC1(I)C=C(Cl)C(Nc2c(C(=O)NOCC3CC3)ccc(F)c2F)=CC1. The number of carbonyl (C=O) groups is 1. The summed E-state index contributed by atoms with van der Waals surface area (Å²) in [5.74, 6) is -2.40. The van der Waals surface area contributed by atoms with E-state index in [1.807, 2.05) is 13.0 Å². The molecule has 2 aliphatic carbocycles. The van der Waals surface area contributed by atoms with Crippen molar-refractivity contribution < 1.29 is 18.4 Å². The monoisotopic (exact) mass is 494 g/mol. The van der Waals surface area contributed by atoms with Crippen molar-refractivity contribution in [3.63, 3.8) is 0 Å². The molecule has 0 spiro atoms. The summed E-state index contributed by atoms with van der Waals surface area (Å²) >= 11 is 8.50. The number of hydrogen-bond donors (Lipinski definition) is 2. The molecule has 140 valence electrons. The number of carbonyl (C=O) groups excluding carboxylic acids is 1. The first kappa shape index (κ1) is 19.6. The smallest absolute Gasteiger partial charge is 0.277 e. The molecule has 1 aromatic carbocycles. The van der Waals surface area contributed by atoms with Crippen LogP contribution in [0.5, 0.6) is 0 Å². The van der Waals surface area contributed by atoms with E-state index in [2.05, 4.69) is 33.4 Å². The molecule has 8 heteroatoms. The van der Waals surface area contributed by atoms with Crippen molar-refractivity contribution >= 4 is 45.8 Å². The molecule has 1 fully saturated rings. The van der Waals surface area contributed by atoms with Crippen LogP contribution in [0.2, 0.25) is 0 Å². The van der Waals surface area contributed by atoms with Gasteiger partial charge in [0.15, 0.2) is 11.6 Å². The van der Waals surface area contributed by atoms with Crippen LogP contribution >= 0.6 is 34.2 Å². The summed E-state index contributed by atoms with van der Waals surface area (Å²) in [6.07, 6.45) is 6.43. The maximum absolute atomic E-state index is 14.4. The molecule has 0 heterocycles. The van der Waals surface area contributed by atoms with Crippen LogP contribution in [0.4, 0.5) is 14.5 Å². The second kappa shape index (κ2) is 7.82. The van der Waals surface area contributed by atoms with Gasteiger partial charge in [-0.05, 0) is 50.3 Å². The summed E-state index contributed by atoms with van der Waals surface area (Å²) in [6.45, 7) is 2.41. The topological polar surface area (TPSA) is 50.4 Å². The lowest BCUT2D eigenvalue weighted by Crippen LogP contribution is -2.26. The molecular formula is C18H18ClF2IN2O2. The van der Waals surface area contributed by atoms with Crippen molar-refractivity contribution in [3.05, 3.63) is 52.2 Å². The quantitative estimate of drug-likeness (QED) is 0.331. The van der Waals surface area contributed by atoms with Gasteiger partial charge in [0.05, 0.1) is 28.6 Å². The van der Waals surface area contributed by atoms with E-state index in [4.69, 9.17) is 16.4 Å². The maximum atomic E-state index is 14.4. The Morgan fingerprint density at radius 2 is 2.15 bits per heavy atom. The fourth-order valence-electron chi connectivity index (χ4n) is 2.47. The minimum Gasteiger partial charge on any atom is -0.351 e. The highest BCUT2D eigenvalue weighted by Crippen LogP contribution is 2.36. The molecule has 0 radical (unpaired) electrons. The zero-order valence-electron chi connectivity index (χ0n) is 14.0. The number of allylic oxidation sites excluding steroid dienone is 3. The molecule has 2 N–H and O–H groups in total. The van der Waals surface area contributed by atoms with Crippen LogP contribution in [0.1, 0.15) is 36.5 Å². The molecule has 0 saturated heterocycles. The third kappa shape index (κ3) is 4.75. The van der Waals surface area contributed by atoms with Crippen molar-refractivity contribution in [1.82, 2.24) is 5.48 Å². The molecule has 1 saturated carbocycles. The van der Waals surface area contributed by atoms with Gasteiger partial charge in [0, 0.05) is 3.42 Å². The summed E-state index contributed by atoms with van der Waals surface area (Å²) in [4.78, 5) is 17.5. The van der Waals surface area contributed by atoms with Gasteiger partial charge in [0.2, 0.25) is 0 Å². The highest BCUT2D eigenvalue weighted by molar-refractivity contribution is 14.1. The highest BCUT2D eigenvalue weighted by atomic mass is 127. The summed E-state index contributed by atoms with van der Waals surface area (Å²) in [7, 11) is 0. The fourth-order valence-corrected chi connectivity index (χ4v) is 3.55. The second-order valence-corrected chi connectivity index (χ2v) is 9.56. The van der Waals surface area contributed by atoms with E-state index in [1.54, 1.807) is 6.08 Å². The number of anilines is 1. The minimum absolute atomic E-state index is 0.0622. The first-order valence-corrected chi connectivity index (χ1v) is 9.67. The molecule has 0 aliphatic heterocycles. The predicted molar refractivity (Wildman–Crippen MR) is 105 cm³/mol. The molecule has 1 aromatic rings. The van der Waals surface area contributed by atoms with Crippen LogP contribution in [0, 0.1) is 17.6 Å². The zero-order chi connectivity index (χ0) is 18.9. The Labute approximate surface area is 169 Å². The van der Waals surface area contributed by atoms with Crippen molar-refractivity contribution in [2.75, 3.05) is 11.9 Å². The molecule has 26 heavy (non-hydrogen) atoms. The van der Waals surface area contributed by atoms with Crippen molar-refractivity contribution in [2.24, 2.45) is 5.92 Å². The predicted octanol–water partition coefficient (Wildman–Crippen LogP) is 5.05. The van der Waals surface area contributed by atoms with Crippen molar-refractivity contribution in [2.45, 2.75) is 29.6 Å². The normalized spacial score (nSPS) is 22.5. The Morgan fingerprint density at radius 1 is 1.42 bits per heavy atom. The van der Waals surface area contributed by atoms with E-state index in [0.29, 0.717) is 29.7 Å². The Hall–Kier alpha value is -1.19. The van der Waals surface area contributed by atoms with Gasteiger partial charge < -0.3 is 5.32 Å². The lowest BCUT2D eigenvalue weighted by Gasteiger charge is -2.24. The lowest BCUT2D eigenvalue weighted by molar-refractivity contribution is 0.0270. The average molecular weight is 495 g/mol. The van der Waals surface area contributed by atoms with Gasteiger partial charge in [0.1, 0.15) is 0 Å². The van der Waals surface area contributed by atoms with Crippen LogP contribution in [-0.2, 0) is 4.84 Å². The Morgan fingerprint density at radius 3 is 2.81 bits per heavy atom. The molecule has 1 amide bonds. The zero-order valence-corrected chi connectivity index (χ0v) is 17.0. The van der Waals surface area contributed by atoms with Gasteiger partial charge in [0.25, 0.3) is 5.91 Å². The molecule has 1 atom stereocenters. The Balaban J connectivity index is 1.81. The summed E-state index contributed by atoms with van der Waals surface area (Å²) in [5.41, 5.74) is 2.38. The van der Waals surface area contributed by atoms with Crippen LogP contribution < -0.4 is 10.8 Å². The van der Waals surface area contributed by atoms with Crippen LogP contribution in [0.25, 0.3) is 0 Å². The van der Waals surface area contributed by atoms with Crippen LogP contribution in [-0.4, -0.2) is 15.9 Å². The first-order valence-electron chi connectivity index (χ1n) is 8.22. The molecule has 2 aliphatic rings. The molecule has 1 unspecified atom stereocenters.